The summed E-state index contributed by atoms with van der Waals surface area (Å²) in [7, 11) is 1.29. The molecule has 0 aliphatic carbocycles. The number of halogens is 1. The van der Waals surface area contributed by atoms with Gasteiger partial charge in [-0.1, -0.05) is 12.1 Å². The Bertz CT molecular complexity index is 1840. The Hall–Kier alpha value is -4.82. The highest BCUT2D eigenvalue weighted by molar-refractivity contribution is 9.10. The molecule has 1 aliphatic rings. The first kappa shape index (κ1) is 29.7. The first-order valence-corrected chi connectivity index (χ1v) is 13.7. The molecule has 2 aromatic heterocycles. The average Bonchev–Trinajstić information content (AvgIpc) is 3.57. The van der Waals surface area contributed by atoms with Crippen molar-refractivity contribution in [3.05, 3.63) is 96.6 Å². The summed E-state index contributed by atoms with van der Waals surface area (Å²) < 4.78 is 24.0. The zero-order valence-corrected chi connectivity index (χ0v) is 24.4. The lowest BCUT2D eigenvalue weighted by Crippen LogP contribution is -2.33. The van der Waals surface area contributed by atoms with E-state index in [1.54, 1.807) is 18.2 Å². The van der Waals surface area contributed by atoms with Gasteiger partial charge in [0.05, 0.1) is 17.1 Å². The van der Waals surface area contributed by atoms with E-state index in [9.17, 15) is 29.4 Å². The summed E-state index contributed by atoms with van der Waals surface area (Å²) in [6.07, 6.45) is 1.26. The predicted octanol–water partition coefficient (Wildman–Crippen LogP) is 3.24. The van der Waals surface area contributed by atoms with Crippen LogP contribution in [0.4, 0.5) is 0 Å². The number of nitrogens with zero attached hydrogens (tertiary/aromatic N) is 1. The monoisotopic (exact) mass is 655 g/mol. The maximum Gasteiger partial charge on any atom is 0.373 e. The number of benzene rings is 2. The average molecular weight is 656 g/mol. The minimum absolute atomic E-state index is 0.00101. The van der Waals surface area contributed by atoms with Crippen molar-refractivity contribution < 1.29 is 38.7 Å². The number of nitrogens with one attached hydrogen (secondary N) is 2. The molecule has 0 unspecified atom stereocenters. The van der Waals surface area contributed by atoms with Gasteiger partial charge in [0.25, 0.3) is 5.56 Å². The second kappa shape index (κ2) is 12.2. The van der Waals surface area contributed by atoms with E-state index in [1.165, 1.54) is 55.3 Å². The Morgan fingerprint density at radius 2 is 1.93 bits per heavy atom. The summed E-state index contributed by atoms with van der Waals surface area (Å²) in [6, 6.07) is 9.08. The molecule has 0 amide bonds. The number of hydrogen-bond acceptors (Lipinski definition) is 10. The van der Waals surface area contributed by atoms with Gasteiger partial charge in [0, 0.05) is 35.3 Å². The summed E-state index contributed by atoms with van der Waals surface area (Å²) >= 11 is 3.23. The van der Waals surface area contributed by atoms with Crippen LogP contribution in [0.15, 0.2) is 68.6 Å². The Morgan fingerprint density at radius 3 is 2.65 bits per heavy atom. The number of fused-ring (bicyclic) bond motifs is 1. The topological polar surface area (TPSA) is 182 Å². The van der Waals surface area contributed by atoms with E-state index in [1.807, 2.05) is 0 Å². The quantitative estimate of drug-likeness (QED) is 0.125. The highest BCUT2D eigenvalue weighted by atomic mass is 79.9. The minimum Gasteiger partial charge on any atom is -0.508 e. The van der Waals surface area contributed by atoms with Crippen LogP contribution >= 0.6 is 15.9 Å². The van der Waals surface area contributed by atoms with E-state index in [-0.39, 0.29) is 41.4 Å². The zero-order valence-electron chi connectivity index (χ0n) is 22.8. The molecule has 0 spiro atoms. The molecule has 4 aromatic rings. The molecular formula is C29H26BrN3O10. The molecule has 1 aliphatic heterocycles. The Labute approximate surface area is 251 Å². The molecule has 3 atom stereocenters. The number of ether oxygens (including phenoxy) is 4. The van der Waals surface area contributed by atoms with Crippen LogP contribution in [0.5, 0.6) is 11.5 Å². The molecule has 2 aromatic carbocycles. The van der Waals surface area contributed by atoms with Crippen LogP contribution in [0.3, 0.4) is 0 Å². The highest BCUT2D eigenvalue weighted by Gasteiger charge is 2.41. The van der Waals surface area contributed by atoms with Crippen LogP contribution in [0.25, 0.3) is 17.0 Å². The zero-order chi connectivity index (χ0) is 30.8. The molecule has 4 N–H and O–H groups in total. The molecule has 3 heterocycles. The lowest BCUT2D eigenvalue weighted by molar-refractivity contribution is -0.149. The van der Waals surface area contributed by atoms with Crippen molar-refractivity contribution in [1.29, 1.82) is 0 Å². The van der Waals surface area contributed by atoms with Crippen molar-refractivity contribution in [2.75, 3.05) is 13.7 Å². The second-order valence-electron chi connectivity index (χ2n) is 9.74. The number of H-pyrrole nitrogens is 2. The number of rotatable bonds is 8. The maximum absolute atomic E-state index is 13.3. The number of aromatic amines is 2. The number of phenolic OH excluding ortho intramolecular Hbond substituents is 2. The minimum atomic E-state index is -1.00. The SMILES string of the molecule is CO/C(=C\c1ccc(O)cc1)C(=O)OC[C@H]1O[C@@H](n2cc(C)c(=O)[nH]c2=O)C[C@@H]1OC(=O)c1c[nH]c2cc(Br)c(O)cc12. The third kappa shape index (κ3) is 6.34. The molecule has 5 rings (SSSR count). The lowest BCUT2D eigenvalue weighted by atomic mass is 10.1. The van der Waals surface area contributed by atoms with E-state index in [0.29, 0.717) is 20.9 Å². The number of aromatic nitrogens is 3. The van der Waals surface area contributed by atoms with Crippen molar-refractivity contribution in [3.63, 3.8) is 0 Å². The number of esters is 2. The van der Waals surface area contributed by atoms with E-state index in [2.05, 4.69) is 25.9 Å². The second-order valence-corrected chi connectivity index (χ2v) is 10.6. The van der Waals surface area contributed by atoms with Gasteiger partial charge >= 0.3 is 17.6 Å². The lowest BCUT2D eigenvalue weighted by Gasteiger charge is -2.19. The van der Waals surface area contributed by atoms with Gasteiger partial charge in [-0.25, -0.2) is 14.4 Å². The molecule has 14 heteroatoms. The third-order valence-corrected chi connectivity index (χ3v) is 7.49. The van der Waals surface area contributed by atoms with Gasteiger partial charge in [-0.2, -0.15) is 0 Å². The number of aryl methyl sites for hydroxylation is 1. The van der Waals surface area contributed by atoms with Gasteiger partial charge in [-0.15, -0.1) is 0 Å². The van der Waals surface area contributed by atoms with E-state index in [4.69, 9.17) is 18.9 Å². The molecule has 0 saturated carbocycles. The van der Waals surface area contributed by atoms with Crippen LogP contribution < -0.4 is 11.2 Å². The van der Waals surface area contributed by atoms with Crippen LogP contribution in [0.1, 0.15) is 34.1 Å². The van der Waals surface area contributed by atoms with Gasteiger partial charge in [0.1, 0.15) is 36.5 Å². The highest BCUT2D eigenvalue weighted by Crippen LogP contribution is 2.34. The largest absolute Gasteiger partial charge is 0.508 e. The smallest absolute Gasteiger partial charge is 0.373 e. The number of carbonyl (C=O) groups excluding carboxylic acids is 2. The number of methoxy groups -OCH3 is 1. The Kier molecular flexibility index (Phi) is 8.41. The summed E-state index contributed by atoms with van der Waals surface area (Å²) in [4.78, 5) is 55.8. The summed E-state index contributed by atoms with van der Waals surface area (Å²) in [5, 5.41) is 20.0. The number of hydrogen-bond donors (Lipinski definition) is 4. The number of phenols is 2. The van der Waals surface area contributed by atoms with Crippen molar-refractivity contribution in [3.8, 4) is 11.5 Å². The van der Waals surface area contributed by atoms with Crippen molar-refractivity contribution >= 4 is 44.8 Å². The summed E-state index contributed by atoms with van der Waals surface area (Å²) in [6.45, 7) is 1.15. The van der Waals surface area contributed by atoms with Crippen molar-refractivity contribution in [1.82, 2.24) is 14.5 Å². The number of aromatic hydroxyl groups is 2. The van der Waals surface area contributed by atoms with Crippen molar-refractivity contribution in [2.24, 2.45) is 0 Å². The predicted molar refractivity (Wildman–Crippen MR) is 156 cm³/mol. The van der Waals surface area contributed by atoms with E-state index in [0.717, 1.165) is 0 Å². The Morgan fingerprint density at radius 1 is 1.19 bits per heavy atom. The van der Waals surface area contributed by atoms with Crippen LogP contribution in [0, 0.1) is 6.92 Å². The van der Waals surface area contributed by atoms with Crippen LogP contribution in [-0.4, -0.2) is 62.6 Å². The summed E-state index contributed by atoms with van der Waals surface area (Å²) in [5.41, 5.74) is 0.285. The molecule has 0 bridgehead atoms. The molecule has 0 radical (unpaired) electrons. The molecule has 224 valence electrons. The van der Waals surface area contributed by atoms with Crippen molar-refractivity contribution in [2.45, 2.75) is 31.8 Å². The number of carbonyl (C=O) groups is 2. The first-order valence-electron chi connectivity index (χ1n) is 12.9. The van der Waals surface area contributed by atoms with Crippen LogP contribution in [-0.2, 0) is 23.7 Å². The molecule has 43 heavy (non-hydrogen) atoms. The van der Waals surface area contributed by atoms with E-state index < -0.39 is 41.6 Å². The van der Waals surface area contributed by atoms with E-state index >= 15 is 0 Å². The fourth-order valence-electron chi connectivity index (χ4n) is 4.60. The molecule has 13 nitrogen and oxygen atoms in total. The van der Waals surface area contributed by atoms with Gasteiger partial charge in [-0.3, -0.25) is 14.3 Å². The fraction of sp³-hybridized carbons (Fsp3) is 0.241. The molecule has 1 saturated heterocycles. The maximum atomic E-state index is 13.3. The van der Waals surface area contributed by atoms with Gasteiger partial charge in [-0.05, 0) is 58.8 Å². The first-order chi connectivity index (χ1) is 20.5. The van der Waals surface area contributed by atoms with Gasteiger partial charge in [0.15, 0.2) is 0 Å². The van der Waals surface area contributed by atoms with Gasteiger partial charge < -0.3 is 34.1 Å². The third-order valence-electron chi connectivity index (χ3n) is 6.85. The standard InChI is InChI=1S/C29H26BrN3O10/c1-14-12-33(29(39)32-26(14)36)25-10-22(43-27(37)18-11-31-20-9-19(30)21(35)8-17(18)20)24(42-25)13-41-28(38)23(40-2)7-15-3-5-16(34)6-4-15/h3-9,11-12,22,24-25,31,34-35H,10,13H2,1-2H3,(H,32,36,39)/b23-7-/t22-,24+,25+/m0/s1. The molecule has 1 fully saturated rings. The fourth-order valence-corrected chi connectivity index (χ4v) is 4.94. The summed E-state index contributed by atoms with van der Waals surface area (Å²) in [5.74, 6) is -1.72. The molecular weight excluding hydrogens is 630 g/mol. The normalized spacial score (nSPS) is 18.5. The van der Waals surface area contributed by atoms with Crippen LogP contribution in [0.2, 0.25) is 0 Å². The van der Waals surface area contributed by atoms with Gasteiger partial charge in [0.2, 0.25) is 5.76 Å². The Balaban J connectivity index is 1.38.